The third kappa shape index (κ3) is 1.87. The molecule has 1 heterocycles. The standard InChI is InChI=1S/C7H8BrNOS/c1-4-7(6(10)3-8)11-5(2)9-4/h3H2,1-2H3. The Balaban J connectivity index is 3.03. The molecule has 0 saturated carbocycles. The summed E-state index contributed by atoms with van der Waals surface area (Å²) in [5, 5.41) is 1.34. The van der Waals surface area contributed by atoms with Gasteiger partial charge in [0.1, 0.15) is 0 Å². The average Bonchev–Trinajstić information content (AvgIpc) is 2.28. The quantitative estimate of drug-likeness (QED) is 0.580. The molecule has 60 valence electrons. The van der Waals surface area contributed by atoms with Crippen molar-refractivity contribution in [3.05, 3.63) is 15.6 Å². The number of hydrogen-bond donors (Lipinski definition) is 0. The van der Waals surface area contributed by atoms with Crippen LogP contribution in [0.3, 0.4) is 0 Å². The molecule has 0 saturated heterocycles. The molecule has 0 atom stereocenters. The molecule has 0 unspecified atom stereocenters. The summed E-state index contributed by atoms with van der Waals surface area (Å²) in [7, 11) is 0. The number of ketones is 1. The van der Waals surface area contributed by atoms with Crippen molar-refractivity contribution in [1.82, 2.24) is 4.98 Å². The van der Waals surface area contributed by atoms with Gasteiger partial charge in [-0.3, -0.25) is 4.79 Å². The van der Waals surface area contributed by atoms with Crippen LogP contribution in [0.1, 0.15) is 20.4 Å². The second-order valence-corrected chi connectivity index (χ2v) is 3.97. The highest BCUT2D eigenvalue weighted by Crippen LogP contribution is 2.17. The molecule has 0 fully saturated rings. The van der Waals surface area contributed by atoms with Crippen molar-refractivity contribution in [2.45, 2.75) is 13.8 Å². The van der Waals surface area contributed by atoms with E-state index in [1.54, 1.807) is 0 Å². The Morgan fingerprint density at radius 1 is 1.64 bits per heavy atom. The van der Waals surface area contributed by atoms with Crippen molar-refractivity contribution >= 4 is 33.0 Å². The lowest BCUT2D eigenvalue weighted by Crippen LogP contribution is -1.98. The highest BCUT2D eigenvalue weighted by atomic mass is 79.9. The monoisotopic (exact) mass is 233 g/mol. The lowest BCUT2D eigenvalue weighted by atomic mass is 10.3. The van der Waals surface area contributed by atoms with Crippen molar-refractivity contribution in [2.75, 3.05) is 5.33 Å². The second kappa shape index (κ2) is 3.45. The van der Waals surface area contributed by atoms with Gasteiger partial charge in [-0.25, -0.2) is 4.98 Å². The summed E-state index contributed by atoms with van der Waals surface area (Å²) in [6.07, 6.45) is 0. The number of aromatic nitrogens is 1. The zero-order valence-corrected chi connectivity index (χ0v) is 8.75. The van der Waals surface area contributed by atoms with Crippen LogP contribution in [0.4, 0.5) is 0 Å². The molecule has 0 aliphatic heterocycles. The average molecular weight is 234 g/mol. The van der Waals surface area contributed by atoms with Crippen molar-refractivity contribution in [1.29, 1.82) is 0 Å². The van der Waals surface area contributed by atoms with E-state index in [1.165, 1.54) is 11.3 Å². The van der Waals surface area contributed by atoms with Crippen LogP contribution in [0.2, 0.25) is 0 Å². The van der Waals surface area contributed by atoms with E-state index in [0.717, 1.165) is 15.6 Å². The van der Waals surface area contributed by atoms with Gasteiger partial charge in [-0.2, -0.15) is 0 Å². The van der Waals surface area contributed by atoms with Crippen LogP contribution in [0.5, 0.6) is 0 Å². The van der Waals surface area contributed by atoms with Crippen LogP contribution in [-0.2, 0) is 0 Å². The molecule has 0 aliphatic rings. The van der Waals surface area contributed by atoms with Crippen LogP contribution in [-0.4, -0.2) is 16.1 Å². The molecule has 1 rings (SSSR count). The second-order valence-electron chi connectivity index (χ2n) is 2.20. The van der Waals surface area contributed by atoms with Crippen molar-refractivity contribution in [3.8, 4) is 0 Å². The molecule has 0 bridgehead atoms. The fraction of sp³-hybridized carbons (Fsp3) is 0.429. The van der Waals surface area contributed by atoms with Gasteiger partial charge in [0.25, 0.3) is 0 Å². The Bertz CT molecular complexity index is 282. The molecular weight excluding hydrogens is 226 g/mol. The van der Waals surface area contributed by atoms with E-state index in [4.69, 9.17) is 0 Å². The summed E-state index contributed by atoms with van der Waals surface area (Å²) in [6.45, 7) is 3.77. The van der Waals surface area contributed by atoms with E-state index >= 15 is 0 Å². The first-order valence-electron chi connectivity index (χ1n) is 3.18. The minimum atomic E-state index is 0.119. The minimum Gasteiger partial charge on any atom is -0.292 e. The fourth-order valence-electron chi connectivity index (χ4n) is 0.851. The first kappa shape index (κ1) is 8.87. The number of thiazole rings is 1. The zero-order chi connectivity index (χ0) is 8.43. The van der Waals surface area contributed by atoms with Crippen molar-refractivity contribution in [3.63, 3.8) is 0 Å². The molecule has 0 N–H and O–H groups in total. The lowest BCUT2D eigenvalue weighted by molar-refractivity contribution is 0.102. The first-order chi connectivity index (χ1) is 5.15. The van der Waals surface area contributed by atoms with E-state index in [1.807, 2.05) is 13.8 Å². The maximum atomic E-state index is 11.2. The normalized spacial score (nSPS) is 10.1. The topological polar surface area (TPSA) is 30.0 Å². The molecule has 1 aromatic heterocycles. The Kier molecular flexibility index (Phi) is 2.78. The summed E-state index contributed by atoms with van der Waals surface area (Å²) in [5.41, 5.74) is 0.844. The Labute approximate surface area is 77.8 Å². The number of aryl methyl sites for hydroxylation is 2. The largest absolute Gasteiger partial charge is 0.292 e. The van der Waals surface area contributed by atoms with E-state index in [0.29, 0.717) is 5.33 Å². The van der Waals surface area contributed by atoms with Crippen LogP contribution in [0, 0.1) is 13.8 Å². The first-order valence-corrected chi connectivity index (χ1v) is 5.12. The van der Waals surface area contributed by atoms with Gasteiger partial charge in [0.15, 0.2) is 5.78 Å². The molecule has 4 heteroatoms. The van der Waals surface area contributed by atoms with Crippen LogP contribution in [0.25, 0.3) is 0 Å². The third-order valence-electron chi connectivity index (χ3n) is 1.28. The SMILES string of the molecule is Cc1nc(C)c(C(=O)CBr)s1. The highest BCUT2D eigenvalue weighted by Gasteiger charge is 2.11. The number of Topliss-reactive ketones (excluding diaryl/α,β-unsaturated/α-hetero) is 1. The summed E-state index contributed by atoms with van der Waals surface area (Å²) in [4.78, 5) is 16.1. The highest BCUT2D eigenvalue weighted by molar-refractivity contribution is 9.09. The Morgan fingerprint density at radius 2 is 2.27 bits per heavy atom. The van der Waals surface area contributed by atoms with E-state index in [9.17, 15) is 4.79 Å². The van der Waals surface area contributed by atoms with Gasteiger partial charge in [-0.15, -0.1) is 11.3 Å². The number of carbonyl (C=O) groups excluding carboxylic acids is 1. The van der Waals surface area contributed by atoms with E-state index in [2.05, 4.69) is 20.9 Å². The smallest absolute Gasteiger partial charge is 0.185 e. The summed E-state index contributed by atoms with van der Waals surface area (Å²) in [5.74, 6) is 0.119. The number of rotatable bonds is 2. The van der Waals surface area contributed by atoms with E-state index < -0.39 is 0 Å². The molecule has 0 aromatic carbocycles. The van der Waals surface area contributed by atoms with Gasteiger partial charge >= 0.3 is 0 Å². The predicted octanol–water partition coefficient (Wildman–Crippen LogP) is 2.34. The fourth-order valence-corrected chi connectivity index (χ4v) is 2.17. The van der Waals surface area contributed by atoms with Crippen LogP contribution < -0.4 is 0 Å². The van der Waals surface area contributed by atoms with Gasteiger partial charge < -0.3 is 0 Å². The molecule has 0 amide bonds. The summed E-state index contributed by atoms with van der Waals surface area (Å²) in [6, 6.07) is 0. The van der Waals surface area contributed by atoms with Crippen LogP contribution in [0.15, 0.2) is 0 Å². The predicted molar refractivity (Wildman–Crippen MR) is 49.7 cm³/mol. The lowest BCUT2D eigenvalue weighted by Gasteiger charge is -1.89. The number of alkyl halides is 1. The molecule has 0 aliphatic carbocycles. The Morgan fingerprint density at radius 3 is 2.64 bits per heavy atom. The molecular formula is C7H8BrNOS. The summed E-state index contributed by atoms with van der Waals surface area (Å²) < 4.78 is 0. The molecule has 0 spiro atoms. The van der Waals surface area contributed by atoms with Gasteiger partial charge in [0.05, 0.1) is 20.9 Å². The Hall–Kier alpha value is -0.220. The molecule has 0 radical (unpaired) electrons. The van der Waals surface area contributed by atoms with Gasteiger partial charge in [-0.05, 0) is 13.8 Å². The maximum Gasteiger partial charge on any atom is 0.185 e. The van der Waals surface area contributed by atoms with Gasteiger partial charge in [0.2, 0.25) is 0 Å². The van der Waals surface area contributed by atoms with Gasteiger partial charge in [-0.1, -0.05) is 15.9 Å². The third-order valence-corrected chi connectivity index (χ3v) is 2.90. The molecule has 1 aromatic rings. The summed E-state index contributed by atoms with van der Waals surface area (Å²) >= 11 is 4.58. The maximum absolute atomic E-state index is 11.2. The van der Waals surface area contributed by atoms with E-state index in [-0.39, 0.29) is 5.78 Å². The minimum absolute atomic E-state index is 0.119. The number of hydrogen-bond acceptors (Lipinski definition) is 3. The molecule has 11 heavy (non-hydrogen) atoms. The van der Waals surface area contributed by atoms with Gasteiger partial charge in [0, 0.05) is 0 Å². The van der Waals surface area contributed by atoms with Crippen molar-refractivity contribution in [2.24, 2.45) is 0 Å². The number of halogens is 1. The van der Waals surface area contributed by atoms with Crippen molar-refractivity contribution < 1.29 is 4.79 Å². The molecule has 2 nitrogen and oxygen atoms in total. The van der Waals surface area contributed by atoms with Crippen LogP contribution >= 0.6 is 27.3 Å². The number of nitrogens with zero attached hydrogens (tertiary/aromatic N) is 1. The zero-order valence-electron chi connectivity index (χ0n) is 6.35. The number of carbonyl (C=O) groups is 1.